The number of methoxy groups -OCH3 is 1. The van der Waals surface area contributed by atoms with Gasteiger partial charge in [-0.05, 0) is 36.8 Å². The molecule has 4 heterocycles. The van der Waals surface area contributed by atoms with E-state index in [1.54, 1.807) is 31.5 Å². The van der Waals surface area contributed by atoms with Crippen LogP contribution >= 0.6 is 0 Å². The number of pyridine rings is 1. The molecule has 1 N–H and O–H groups in total. The van der Waals surface area contributed by atoms with Crippen molar-refractivity contribution in [2.75, 3.05) is 19.0 Å². The van der Waals surface area contributed by atoms with Crippen molar-refractivity contribution in [3.05, 3.63) is 66.0 Å². The standard InChI is InChI=1S/C28H26FN7O5/c1-15(37)26-20-9-17(18-11-30-16(2)31-12-18)7-8-22(20)36(34-26)14-25(38)35-13-19(29)10-23(35)27(39)33-24-6-4-5-21(32-24)28(40)41-3/h4-9,11-12,19,23H,10,13-14H2,1-3H3,(H,32,33,39)/t19-,23+/m1/s1. The fourth-order valence-corrected chi connectivity index (χ4v) is 4.74. The molecule has 0 radical (unpaired) electrons. The second kappa shape index (κ2) is 11.2. The van der Waals surface area contributed by atoms with Gasteiger partial charge in [-0.1, -0.05) is 12.1 Å². The first kappa shape index (κ1) is 27.5. The molecule has 12 nitrogen and oxygen atoms in total. The highest BCUT2D eigenvalue weighted by Gasteiger charge is 2.40. The number of carbonyl (C=O) groups is 4. The zero-order chi connectivity index (χ0) is 29.3. The second-order valence-corrected chi connectivity index (χ2v) is 9.60. The number of ether oxygens (including phenoxy) is 1. The number of nitrogens with zero attached hydrogens (tertiary/aromatic N) is 6. The van der Waals surface area contributed by atoms with Crippen molar-refractivity contribution >= 4 is 40.3 Å². The molecule has 4 aromatic rings. The van der Waals surface area contributed by atoms with E-state index in [2.05, 4.69) is 30.1 Å². The van der Waals surface area contributed by atoms with E-state index in [1.807, 2.05) is 6.07 Å². The Bertz CT molecular complexity index is 1670. The summed E-state index contributed by atoms with van der Waals surface area (Å²) >= 11 is 0. The molecule has 5 rings (SSSR count). The first-order valence-corrected chi connectivity index (χ1v) is 12.7. The summed E-state index contributed by atoms with van der Waals surface area (Å²) in [5.41, 5.74) is 2.21. The number of alkyl halides is 1. The highest BCUT2D eigenvalue weighted by atomic mass is 19.1. The number of aryl methyl sites for hydroxylation is 1. The average molecular weight is 560 g/mol. The van der Waals surface area contributed by atoms with Gasteiger partial charge in [-0.15, -0.1) is 0 Å². The maximum absolute atomic E-state index is 14.5. The number of nitrogens with one attached hydrogen (secondary N) is 1. The molecule has 0 spiro atoms. The van der Waals surface area contributed by atoms with Crippen molar-refractivity contribution in [2.24, 2.45) is 0 Å². The number of carbonyl (C=O) groups excluding carboxylic acids is 4. The number of halogens is 1. The number of likely N-dealkylation sites (tertiary alicyclic amines) is 1. The summed E-state index contributed by atoms with van der Waals surface area (Å²) in [6.45, 7) is 2.57. The fourth-order valence-electron chi connectivity index (χ4n) is 4.74. The predicted octanol–water partition coefficient (Wildman–Crippen LogP) is 2.76. The topological polar surface area (TPSA) is 149 Å². The van der Waals surface area contributed by atoms with Gasteiger partial charge in [0, 0.05) is 36.7 Å². The highest BCUT2D eigenvalue weighted by molar-refractivity contribution is 6.06. The van der Waals surface area contributed by atoms with Crippen LogP contribution in [0.3, 0.4) is 0 Å². The summed E-state index contributed by atoms with van der Waals surface area (Å²) < 4.78 is 20.5. The molecule has 0 bridgehead atoms. The zero-order valence-corrected chi connectivity index (χ0v) is 22.5. The van der Waals surface area contributed by atoms with Gasteiger partial charge in [0.1, 0.15) is 36.1 Å². The Kier molecular flexibility index (Phi) is 7.51. The maximum atomic E-state index is 14.5. The van der Waals surface area contributed by atoms with Crippen molar-refractivity contribution in [2.45, 2.75) is 39.0 Å². The molecule has 13 heteroatoms. The number of hydrogen-bond donors (Lipinski definition) is 1. The summed E-state index contributed by atoms with van der Waals surface area (Å²) in [4.78, 5) is 64.3. The number of ketones is 1. The molecular formula is C28H26FN7O5. The monoisotopic (exact) mass is 559 g/mol. The Balaban J connectivity index is 1.38. The third-order valence-electron chi connectivity index (χ3n) is 6.75. The van der Waals surface area contributed by atoms with Crippen LogP contribution in [0, 0.1) is 6.92 Å². The van der Waals surface area contributed by atoms with Gasteiger partial charge < -0.3 is 15.0 Å². The van der Waals surface area contributed by atoms with E-state index in [9.17, 15) is 23.6 Å². The number of amides is 2. The molecule has 1 aliphatic rings. The smallest absolute Gasteiger partial charge is 0.356 e. The Morgan fingerprint density at radius 3 is 2.56 bits per heavy atom. The Hall–Kier alpha value is -5.07. The number of hydrogen-bond acceptors (Lipinski definition) is 9. The van der Waals surface area contributed by atoms with Crippen LogP contribution < -0.4 is 5.32 Å². The van der Waals surface area contributed by atoms with Gasteiger partial charge in [0.25, 0.3) is 0 Å². The SMILES string of the molecule is COC(=O)c1cccc(NC(=O)[C@@H]2C[C@@H](F)CN2C(=O)Cn2nc(C(C)=O)c3cc(-c4cnc(C)nc4)ccc32)n1. The van der Waals surface area contributed by atoms with Gasteiger partial charge in [-0.3, -0.25) is 19.1 Å². The Morgan fingerprint density at radius 1 is 1.10 bits per heavy atom. The molecule has 2 atom stereocenters. The molecule has 1 saturated heterocycles. The molecule has 210 valence electrons. The molecule has 1 fully saturated rings. The van der Waals surface area contributed by atoms with Crippen LogP contribution in [0.2, 0.25) is 0 Å². The van der Waals surface area contributed by atoms with E-state index in [-0.39, 0.29) is 42.5 Å². The number of rotatable bonds is 7. The van der Waals surface area contributed by atoms with Gasteiger partial charge in [0.15, 0.2) is 11.5 Å². The number of aromatic nitrogens is 5. The minimum Gasteiger partial charge on any atom is -0.464 e. The van der Waals surface area contributed by atoms with Crippen molar-refractivity contribution < 1.29 is 28.3 Å². The van der Waals surface area contributed by atoms with Gasteiger partial charge in [-0.2, -0.15) is 5.10 Å². The number of Topliss-reactive ketones (excluding diaryl/α,β-unsaturated/α-hetero) is 1. The first-order chi connectivity index (χ1) is 19.6. The van der Waals surface area contributed by atoms with E-state index >= 15 is 0 Å². The minimum absolute atomic E-state index is 0.0158. The molecule has 0 saturated carbocycles. The maximum Gasteiger partial charge on any atom is 0.356 e. The van der Waals surface area contributed by atoms with Crippen molar-refractivity contribution in [3.63, 3.8) is 0 Å². The van der Waals surface area contributed by atoms with Crippen LogP contribution in [-0.4, -0.2) is 79.1 Å². The van der Waals surface area contributed by atoms with Crippen LogP contribution in [-0.2, 0) is 20.9 Å². The molecule has 3 aromatic heterocycles. The number of esters is 1. The lowest BCUT2D eigenvalue weighted by Crippen LogP contribution is -2.44. The quantitative estimate of drug-likeness (QED) is 0.266. The second-order valence-electron chi connectivity index (χ2n) is 9.60. The molecule has 1 aliphatic heterocycles. The molecule has 1 aromatic carbocycles. The summed E-state index contributed by atoms with van der Waals surface area (Å²) in [7, 11) is 1.21. The van der Waals surface area contributed by atoms with Crippen LogP contribution in [0.15, 0.2) is 48.8 Å². The number of benzene rings is 1. The van der Waals surface area contributed by atoms with Crippen LogP contribution in [0.1, 0.15) is 40.1 Å². The lowest BCUT2D eigenvalue weighted by atomic mass is 10.0. The minimum atomic E-state index is -1.41. The normalized spacial score (nSPS) is 16.5. The lowest BCUT2D eigenvalue weighted by molar-refractivity contribution is -0.137. The molecule has 0 aliphatic carbocycles. The molecule has 41 heavy (non-hydrogen) atoms. The van der Waals surface area contributed by atoms with Crippen LogP contribution in [0.5, 0.6) is 0 Å². The molecular weight excluding hydrogens is 533 g/mol. The van der Waals surface area contributed by atoms with E-state index in [4.69, 9.17) is 0 Å². The highest BCUT2D eigenvalue weighted by Crippen LogP contribution is 2.28. The summed E-state index contributed by atoms with van der Waals surface area (Å²) in [6, 6.07) is 8.62. The number of anilines is 1. The van der Waals surface area contributed by atoms with E-state index in [0.29, 0.717) is 16.7 Å². The van der Waals surface area contributed by atoms with Gasteiger partial charge in [0.05, 0.1) is 19.2 Å². The van der Waals surface area contributed by atoms with Crippen molar-refractivity contribution in [1.82, 2.24) is 29.6 Å². The first-order valence-electron chi connectivity index (χ1n) is 12.7. The zero-order valence-electron chi connectivity index (χ0n) is 22.5. The van der Waals surface area contributed by atoms with E-state index < -0.39 is 30.0 Å². The van der Waals surface area contributed by atoms with Gasteiger partial charge >= 0.3 is 5.97 Å². The third kappa shape index (κ3) is 5.64. The van der Waals surface area contributed by atoms with E-state index in [1.165, 1.54) is 36.9 Å². The van der Waals surface area contributed by atoms with Gasteiger partial charge in [0.2, 0.25) is 11.8 Å². The molecule has 0 unspecified atom stereocenters. The largest absolute Gasteiger partial charge is 0.464 e. The lowest BCUT2D eigenvalue weighted by Gasteiger charge is -2.23. The Morgan fingerprint density at radius 2 is 1.85 bits per heavy atom. The van der Waals surface area contributed by atoms with Crippen LogP contribution in [0.4, 0.5) is 10.2 Å². The van der Waals surface area contributed by atoms with Crippen molar-refractivity contribution in [3.8, 4) is 11.1 Å². The van der Waals surface area contributed by atoms with Gasteiger partial charge in [-0.25, -0.2) is 24.1 Å². The van der Waals surface area contributed by atoms with E-state index in [0.717, 1.165) is 16.0 Å². The van der Waals surface area contributed by atoms with Crippen molar-refractivity contribution in [1.29, 1.82) is 0 Å². The summed E-state index contributed by atoms with van der Waals surface area (Å²) in [5, 5.41) is 7.47. The average Bonchev–Trinajstić information content (AvgIpc) is 3.53. The fraction of sp³-hybridized carbons (Fsp3) is 0.286. The van der Waals surface area contributed by atoms with Crippen LogP contribution in [0.25, 0.3) is 22.0 Å². The predicted molar refractivity (Wildman–Crippen MR) is 145 cm³/mol. The molecule has 2 amide bonds. The third-order valence-corrected chi connectivity index (χ3v) is 6.75. The summed E-state index contributed by atoms with van der Waals surface area (Å²) in [6.07, 6.45) is 1.75. The number of fused-ring (bicyclic) bond motifs is 1. The summed E-state index contributed by atoms with van der Waals surface area (Å²) in [5.74, 6) is -1.47. The Labute approximate surface area is 233 Å².